The second kappa shape index (κ2) is 18.7. The van der Waals surface area contributed by atoms with Gasteiger partial charge in [0.25, 0.3) is 21.9 Å². The molecule has 0 aliphatic heterocycles. The number of anilines is 1. The molecule has 3 amide bonds. The van der Waals surface area contributed by atoms with Crippen molar-refractivity contribution in [1.29, 1.82) is 0 Å². The topological polar surface area (TPSA) is 179 Å². The van der Waals surface area contributed by atoms with Crippen LogP contribution in [-0.4, -0.2) is 61.5 Å². The molecule has 272 valence electrons. The Kier molecular flexibility index (Phi) is 13.5. The molecule has 1 atom stereocenters. The number of nitrogens with one attached hydrogen (secondary N) is 4. The normalized spacial score (nSPS) is 11.9. The molecule has 12 nitrogen and oxygen atoms in total. The third-order valence-corrected chi connectivity index (χ3v) is 11.5. The van der Waals surface area contributed by atoms with E-state index >= 15 is 0 Å². The van der Waals surface area contributed by atoms with Crippen molar-refractivity contribution < 1.29 is 27.4 Å². The number of amides is 3. The Balaban J connectivity index is 1.14. The molecule has 1 unspecified atom stereocenters. The number of aromatic nitrogens is 1. The Morgan fingerprint density at radius 1 is 0.811 bits per heavy atom. The standard InChI is InChI=1S/C39H39N6O6PS/c1-40-39(48)33(44-37(46)29-23-24-36(42-26-29)45-43-27-28-14-8-11-22-35(28)53(49,50)51)20-12-13-25-41-38(47)32-19-9-10-21-34(32)52(30-15-4-2-5-16-30)31-17-6-3-7-18-31/h2-11,14-19,21-24,26-27,33H,12-13,20,25H2,1H3,(H,40,48)(H,41,47)(H,42,45)(H,44,46)(H,49,50,51). The minimum Gasteiger partial charge on any atom is -0.357 e. The van der Waals surface area contributed by atoms with Gasteiger partial charge in [-0.05, 0) is 67.4 Å². The van der Waals surface area contributed by atoms with Crippen molar-refractivity contribution in [2.45, 2.75) is 30.2 Å². The van der Waals surface area contributed by atoms with Crippen LogP contribution in [0.3, 0.4) is 0 Å². The molecule has 0 spiro atoms. The van der Waals surface area contributed by atoms with Crippen LogP contribution in [0.15, 0.2) is 138 Å². The summed E-state index contributed by atoms with van der Waals surface area (Å²) in [6, 6.07) is 36.0. The van der Waals surface area contributed by atoms with Crippen molar-refractivity contribution in [3.8, 4) is 0 Å². The molecule has 1 aromatic heterocycles. The van der Waals surface area contributed by atoms with Gasteiger partial charge in [0, 0.05) is 30.9 Å². The fraction of sp³-hybridized carbons (Fsp3) is 0.154. The van der Waals surface area contributed by atoms with E-state index in [9.17, 15) is 27.4 Å². The number of unbranched alkanes of at least 4 members (excludes halogenated alkanes) is 1. The monoisotopic (exact) mass is 750 g/mol. The van der Waals surface area contributed by atoms with E-state index in [2.05, 4.69) is 55.7 Å². The number of hydrazone groups is 1. The largest absolute Gasteiger partial charge is 0.357 e. The van der Waals surface area contributed by atoms with Crippen molar-refractivity contribution >= 4 is 63.7 Å². The number of likely N-dealkylation sites (N-methyl/N-ethyl adjacent to an activating group) is 1. The molecular formula is C39H39N6O6PS. The summed E-state index contributed by atoms with van der Waals surface area (Å²) in [7, 11) is -3.90. The van der Waals surface area contributed by atoms with Gasteiger partial charge in [0.1, 0.15) is 16.8 Å². The number of benzene rings is 4. The van der Waals surface area contributed by atoms with Crippen LogP contribution in [0.1, 0.15) is 45.5 Å². The quantitative estimate of drug-likeness (QED) is 0.0331. The Morgan fingerprint density at radius 3 is 2.09 bits per heavy atom. The first-order valence-corrected chi connectivity index (χ1v) is 19.6. The van der Waals surface area contributed by atoms with E-state index in [4.69, 9.17) is 0 Å². The minimum atomic E-state index is -4.43. The summed E-state index contributed by atoms with van der Waals surface area (Å²) in [6.45, 7) is 0.387. The molecule has 5 N–H and O–H groups in total. The van der Waals surface area contributed by atoms with E-state index in [1.807, 2.05) is 60.7 Å². The molecule has 4 aromatic carbocycles. The summed E-state index contributed by atoms with van der Waals surface area (Å²) in [5, 5.41) is 15.6. The molecule has 0 radical (unpaired) electrons. The predicted molar refractivity (Wildman–Crippen MR) is 208 cm³/mol. The SMILES string of the molecule is CNC(=O)C(CCCCNC(=O)c1ccccc1P(c1ccccc1)c1ccccc1)NC(=O)c1ccc(NN=Cc2ccccc2S(=O)(=O)O)nc1. The maximum absolute atomic E-state index is 13.5. The predicted octanol–water partition coefficient (Wildman–Crippen LogP) is 3.98. The lowest BCUT2D eigenvalue weighted by Gasteiger charge is -2.22. The molecule has 0 aliphatic carbocycles. The number of rotatable bonds is 16. The first-order chi connectivity index (χ1) is 25.7. The highest BCUT2D eigenvalue weighted by molar-refractivity contribution is 7.86. The number of carbonyl (C=O) groups is 3. The van der Waals surface area contributed by atoms with Gasteiger partial charge in [-0.1, -0.05) is 97.1 Å². The molecule has 14 heteroatoms. The summed E-state index contributed by atoms with van der Waals surface area (Å²) >= 11 is 0. The van der Waals surface area contributed by atoms with E-state index in [1.165, 1.54) is 49.8 Å². The molecule has 0 saturated heterocycles. The van der Waals surface area contributed by atoms with Gasteiger partial charge in [-0.3, -0.25) is 24.4 Å². The van der Waals surface area contributed by atoms with Crippen LogP contribution in [0.4, 0.5) is 5.82 Å². The van der Waals surface area contributed by atoms with Gasteiger partial charge < -0.3 is 16.0 Å². The van der Waals surface area contributed by atoms with Crippen LogP contribution in [0, 0.1) is 0 Å². The van der Waals surface area contributed by atoms with E-state index < -0.39 is 30.0 Å². The molecule has 5 aromatic rings. The zero-order chi connectivity index (χ0) is 37.6. The molecule has 5 rings (SSSR count). The van der Waals surface area contributed by atoms with E-state index in [1.54, 1.807) is 6.07 Å². The Labute approximate surface area is 309 Å². The fourth-order valence-electron chi connectivity index (χ4n) is 5.48. The van der Waals surface area contributed by atoms with Crippen molar-refractivity contribution in [1.82, 2.24) is 20.9 Å². The lowest BCUT2D eigenvalue weighted by Crippen LogP contribution is -2.45. The Morgan fingerprint density at radius 2 is 1.45 bits per heavy atom. The highest BCUT2D eigenvalue weighted by Gasteiger charge is 2.23. The molecule has 0 aliphatic rings. The van der Waals surface area contributed by atoms with Gasteiger partial charge >= 0.3 is 0 Å². The summed E-state index contributed by atoms with van der Waals surface area (Å²) in [6.07, 6.45) is 4.02. The summed E-state index contributed by atoms with van der Waals surface area (Å²) in [5.74, 6) is -0.750. The maximum atomic E-state index is 13.5. The highest BCUT2D eigenvalue weighted by atomic mass is 32.2. The van der Waals surface area contributed by atoms with Crippen LogP contribution in [-0.2, 0) is 14.9 Å². The van der Waals surface area contributed by atoms with Crippen LogP contribution in [0.5, 0.6) is 0 Å². The van der Waals surface area contributed by atoms with Crippen molar-refractivity contribution in [3.05, 3.63) is 144 Å². The molecule has 53 heavy (non-hydrogen) atoms. The van der Waals surface area contributed by atoms with Crippen molar-refractivity contribution in [3.63, 3.8) is 0 Å². The minimum absolute atomic E-state index is 0.169. The van der Waals surface area contributed by atoms with E-state index in [0.717, 1.165) is 15.9 Å². The number of hydrogen-bond acceptors (Lipinski definition) is 8. The van der Waals surface area contributed by atoms with Crippen LogP contribution in [0.2, 0.25) is 0 Å². The van der Waals surface area contributed by atoms with Gasteiger partial charge in [0.2, 0.25) is 5.91 Å². The number of hydrogen-bond donors (Lipinski definition) is 5. The molecular weight excluding hydrogens is 712 g/mol. The average Bonchev–Trinajstić information content (AvgIpc) is 3.18. The number of pyridine rings is 1. The third kappa shape index (κ3) is 10.6. The molecule has 1 heterocycles. The van der Waals surface area contributed by atoms with Crippen LogP contribution >= 0.6 is 7.92 Å². The highest BCUT2D eigenvalue weighted by Crippen LogP contribution is 2.34. The van der Waals surface area contributed by atoms with E-state index in [0.29, 0.717) is 31.4 Å². The van der Waals surface area contributed by atoms with Gasteiger partial charge in [0.05, 0.1) is 11.8 Å². The van der Waals surface area contributed by atoms with Gasteiger partial charge in [-0.15, -0.1) is 0 Å². The van der Waals surface area contributed by atoms with Crippen LogP contribution < -0.4 is 37.3 Å². The second-order valence-corrected chi connectivity index (χ2v) is 15.3. The fourth-order valence-corrected chi connectivity index (χ4v) is 8.60. The van der Waals surface area contributed by atoms with Crippen molar-refractivity contribution in [2.24, 2.45) is 5.10 Å². The van der Waals surface area contributed by atoms with Crippen molar-refractivity contribution in [2.75, 3.05) is 19.0 Å². The maximum Gasteiger partial charge on any atom is 0.295 e. The number of nitrogens with zero attached hydrogens (tertiary/aromatic N) is 2. The first kappa shape index (κ1) is 38.5. The molecule has 0 bridgehead atoms. The van der Waals surface area contributed by atoms with E-state index in [-0.39, 0.29) is 33.7 Å². The van der Waals surface area contributed by atoms with Gasteiger partial charge in [-0.25, -0.2) is 4.98 Å². The smallest absolute Gasteiger partial charge is 0.295 e. The van der Waals surface area contributed by atoms with Gasteiger partial charge in [0.15, 0.2) is 0 Å². The first-order valence-electron chi connectivity index (χ1n) is 16.8. The molecule has 0 fully saturated rings. The average molecular weight is 751 g/mol. The lowest BCUT2D eigenvalue weighted by atomic mass is 10.1. The Hall–Kier alpha value is -5.75. The third-order valence-electron chi connectivity index (χ3n) is 8.10. The number of carbonyl (C=O) groups excluding carboxylic acids is 3. The zero-order valence-electron chi connectivity index (χ0n) is 28.8. The second-order valence-electron chi connectivity index (χ2n) is 11.7. The van der Waals surface area contributed by atoms with Gasteiger partial charge in [-0.2, -0.15) is 13.5 Å². The van der Waals surface area contributed by atoms with Crippen LogP contribution in [0.25, 0.3) is 0 Å². The molecule has 0 saturated carbocycles. The Bertz CT molecular complexity index is 2110. The summed E-state index contributed by atoms with van der Waals surface area (Å²) in [5.41, 5.74) is 3.64. The summed E-state index contributed by atoms with van der Waals surface area (Å²) < 4.78 is 32.5. The zero-order valence-corrected chi connectivity index (χ0v) is 30.6. The summed E-state index contributed by atoms with van der Waals surface area (Å²) in [4.78, 5) is 43.1. The lowest BCUT2D eigenvalue weighted by molar-refractivity contribution is -0.122.